The predicted octanol–water partition coefficient (Wildman–Crippen LogP) is 2.47. The highest BCUT2D eigenvalue weighted by Gasteiger charge is 2.19. The van der Waals surface area contributed by atoms with Gasteiger partial charge in [0.25, 0.3) is 0 Å². The topological polar surface area (TPSA) is 67.6 Å². The zero-order chi connectivity index (χ0) is 18.8. The van der Waals surface area contributed by atoms with Gasteiger partial charge in [0, 0.05) is 26.2 Å². The van der Waals surface area contributed by atoms with Gasteiger partial charge in [-0.25, -0.2) is 18.7 Å². The Labute approximate surface area is 158 Å². The number of nitrogens with one attached hydrogen (secondary N) is 1. The van der Waals surface area contributed by atoms with E-state index in [-0.39, 0.29) is 16.5 Å². The number of ether oxygens (including phenoxy) is 1. The Kier molecular flexibility index (Phi) is 5.15. The van der Waals surface area contributed by atoms with E-state index in [1.165, 1.54) is 16.8 Å². The molecule has 7 nitrogen and oxygen atoms in total. The number of rotatable bonds is 5. The van der Waals surface area contributed by atoms with Crippen LogP contribution in [0.3, 0.4) is 0 Å². The third-order valence-corrected chi connectivity index (χ3v) is 4.59. The molecule has 0 aliphatic carbocycles. The molecule has 1 fully saturated rings. The lowest BCUT2D eigenvalue weighted by atomic mass is 10.2. The molecule has 1 aliphatic heterocycles. The van der Waals surface area contributed by atoms with Gasteiger partial charge in [0.15, 0.2) is 22.4 Å². The molecule has 0 spiro atoms. The third-order valence-electron chi connectivity index (χ3n) is 4.33. The monoisotopic (exact) mass is 394 g/mol. The van der Waals surface area contributed by atoms with E-state index >= 15 is 0 Å². The van der Waals surface area contributed by atoms with E-state index < -0.39 is 11.6 Å². The van der Waals surface area contributed by atoms with Crippen LogP contribution in [-0.4, -0.2) is 63.9 Å². The summed E-state index contributed by atoms with van der Waals surface area (Å²) in [6.07, 6.45) is 1.42. The van der Waals surface area contributed by atoms with E-state index in [0.29, 0.717) is 31.2 Å². The third kappa shape index (κ3) is 3.71. The van der Waals surface area contributed by atoms with Crippen molar-refractivity contribution in [2.45, 2.75) is 0 Å². The second-order valence-corrected chi connectivity index (χ2v) is 6.47. The van der Waals surface area contributed by atoms with Gasteiger partial charge in [-0.3, -0.25) is 4.90 Å². The molecule has 2 aromatic heterocycles. The summed E-state index contributed by atoms with van der Waals surface area (Å²) in [6, 6.07) is 3.61. The van der Waals surface area contributed by atoms with Crippen molar-refractivity contribution in [3.05, 3.63) is 41.2 Å². The molecule has 10 heteroatoms. The molecule has 0 bridgehead atoms. The van der Waals surface area contributed by atoms with Gasteiger partial charge >= 0.3 is 0 Å². The minimum absolute atomic E-state index is 0.105. The van der Waals surface area contributed by atoms with Gasteiger partial charge in [0.1, 0.15) is 11.6 Å². The average Bonchev–Trinajstić information content (AvgIpc) is 3.04. The molecule has 0 saturated carbocycles. The maximum absolute atomic E-state index is 14.2. The summed E-state index contributed by atoms with van der Waals surface area (Å²) >= 11 is 6.11. The first-order chi connectivity index (χ1) is 13.1. The second kappa shape index (κ2) is 7.71. The number of hydrogen-bond donors (Lipinski definition) is 1. The van der Waals surface area contributed by atoms with Crippen molar-refractivity contribution in [2.24, 2.45) is 0 Å². The van der Waals surface area contributed by atoms with Crippen LogP contribution in [0.5, 0.6) is 0 Å². The number of hydrogen-bond acceptors (Lipinski definition) is 6. The van der Waals surface area contributed by atoms with Gasteiger partial charge in [0.2, 0.25) is 0 Å². The van der Waals surface area contributed by atoms with Crippen molar-refractivity contribution in [3.63, 3.8) is 0 Å². The molecule has 1 aromatic carbocycles. The van der Waals surface area contributed by atoms with Crippen LogP contribution in [0, 0.1) is 11.6 Å². The SMILES string of the molecule is Fc1cccc(F)c1-c1nc(NCCN2CCOCC2)c2ncc(Cl)n2n1. The van der Waals surface area contributed by atoms with Gasteiger partial charge < -0.3 is 10.1 Å². The Morgan fingerprint density at radius 3 is 2.67 bits per heavy atom. The maximum Gasteiger partial charge on any atom is 0.198 e. The van der Waals surface area contributed by atoms with Gasteiger partial charge in [0.05, 0.1) is 25.0 Å². The summed E-state index contributed by atoms with van der Waals surface area (Å²) in [5, 5.41) is 7.55. The van der Waals surface area contributed by atoms with Crippen LogP contribution in [0.15, 0.2) is 24.4 Å². The fourth-order valence-corrected chi connectivity index (χ4v) is 3.11. The zero-order valence-corrected chi connectivity index (χ0v) is 15.1. The molecule has 27 heavy (non-hydrogen) atoms. The van der Waals surface area contributed by atoms with E-state index in [0.717, 1.165) is 31.8 Å². The van der Waals surface area contributed by atoms with E-state index in [1.54, 1.807) is 0 Å². The standard InChI is InChI=1S/C17H17ClF2N6O/c18-13-10-22-17-16(21-4-5-25-6-8-27-9-7-25)23-15(24-26(13)17)14-11(19)2-1-3-12(14)20/h1-3,10H,4-9H2,(H,21,23,24). The Morgan fingerprint density at radius 1 is 1.19 bits per heavy atom. The number of anilines is 1. The van der Waals surface area contributed by atoms with Gasteiger partial charge in [-0.2, -0.15) is 4.52 Å². The molecule has 3 heterocycles. The van der Waals surface area contributed by atoms with E-state index in [4.69, 9.17) is 16.3 Å². The second-order valence-electron chi connectivity index (χ2n) is 6.08. The lowest BCUT2D eigenvalue weighted by molar-refractivity contribution is 0.0398. The number of nitrogens with zero attached hydrogens (tertiary/aromatic N) is 5. The molecular formula is C17H17ClF2N6O. The van der Waals surface area contributed by atoms with Crippen LogP contribution in [0.2, 0.25) is 5.15 Å². The number of aromatic nitrogens is 4. The minimum atomic E-state index is -0.746. The van der Waals surface area contributed by atoms with Crippen LogP contribution >= 0.6 is 11.6 Å². The largest absolute Gasteiger partial charge is 0.379 e. The Bertz CT molecular complexity index is 940. The molecule has 4 rings (SSSR count). The van der Waals surface area contributed by atoms with Crippen molar-refractivity contribution >= 4 is 23.1 Å². The van der Waals surface area contributed by atoms with Gasteiger partial charge in [-0.1, -0.05) is 17.7 Å². The van der Waals surface area contributed by atoms with Crippen LogP contribution < -0.4 is 5.32 Å². The molecule has 0 amide bonds. The number of morpholine rings is 1. The first-order valence-electron chi connectivity index (χ1n) is 8.53. The van der Waals surface area contributed by atoms with Gasteiger partial charge in [-0.15, -0.1) is 5.10 Å². The lowest BCUT2D eigenvalue weighted by Crippen LogP contribution is -2.39. The molecule has 1 aliphatic rings. The highest BCUT2D eigenvalue weighted by Crippen LogP contribution is 2.26. The molecule has 3 aromatic rings. The number of imidazole rings is 1. The Hall–Kier alpha value is -2.36. The lowest BCUT2D eigenvalue weighted by Gasteiger charge is -2.26. The predicted molar refractivity (Wildman–Crippen MR) is 96.9 cm³/mol. The van der Waals surface area contributed by atoms with Crippen LogP contribution in [0.25, 0.3) is 17.0 Å². The van der Waals surface area contributed by atoms with E-state index in [2.05, 4.69) is 25.3 Å². The molecular weight excluding hydrogens is 378 g/mol. The number of benzene rings is 1. The van der Waals surface area contributed by atoms with Crippen LogP contribution in [-0.2, 0) is 4.74 Å². The Morgan fingerprint density at radius 2 is 1.93 bits per heavy atom. The summed E-state index contributed by atoms with van der Waals surface area (Å²) in [5.41, 5.74) is 0.0860. The zero-order valence-electron chi connectivity index (χ0n) is 14.3. The molecule has 142 valence electrons. The first-order valence-corrected chi connectivity index (χ1v) is 8.91. The average molecular weight is 395 g/mol. The van der Waals surface area contributed by atoms with Gasteiger partial charge in [-0.05, 0) is 12.1 Å². The maximum atomic E-state index is 14.2. The van der Waals surface area contributed by atoms with Crippen molar-refractivity contribution in [1.82, 2.24) is 24.5 Å². The fourth-order valence-electron chi connectivity index (χ4n) is 2.95. The minimum Gasteiger partial charge on any atom is -0.379 e. The summed E-state index contributed by atoms with van der Waals surface area (Å²) in [6.45, 7) is 4.51. The van der Waals surface area contributed by atoms with Crippen molar-refractivity contribution in [3.8, 4) is 11.4 Å². The fraction of sp³-hybridized carbons (Fsp3) is 0.353. The van der Waals surface area contributed by atoms with E-state index in [9.17, 15) is 8.78 Å². The van der Waals surface area contributed by atoms with Crippen molar-refractivity contribution in [1.29, 1.82) is 0 Å². The quantitative estimate of drug-likeness (QED) is 0.717. The smallest absolute Gasteiger partial charge is 0.198 e. The normalized spacial score (nSPS) is 15.4. The summed E-state index contributed by atoms with van der Waals surface area (Å²) in [4.78, 5) is 10.7. The van der Waals surface area contributed by atoms with Crippen LogP contribution in [0.4, 0.5) is 14.6 Å². The summed E-state index contributed by atoms with van der Waals surface area (Å²) < 4.78 is 35.0. The number of fused-ring (bicyclic) bond motifs is 1. The molecule has 0 radical (unpaired) electrons. The van der Waals surface area contributed by atoms with E-state index in [1.807, 2.05) is 0 Å². The highest BCUT2D eigenvalue weighted by molar-refractivity contribution is 6.29. The first kappa shape index (κ1) is 18.0. The summed E-state index contributed by atoms with van der Waals surface area (Å²) in [7, 11) is 0. The number of halogens is 3. The molecule has 0 unspecified atom stereocenters. The molecule has 1 N–H and O–H groups in total. The van der Waals surface area contributed by atoms with Crippen LogP contribution in [0.1, 0.15) is 0 Å². The highest BCUT2D eigenvalue weighted by atomic mass is 35.5. The van der Waals surface area contributed by atoms with Crippen molar-refractivity contribution in [2.75, 3.05) is 44.7 Å². The molecule has 0 atom stereocenters. The summed E-state index contributed by atoms with van der Waals surface area (Å²) in [5.74, 6) is -1.23. The Balaban J connectivity index is 1.65. The van der Waals surface area contributed by atoms with Crippen molar-refractivity contribution < 1.29 is 13.5 Å². The molecule has 1 saturated heterocycles.